The molecule has 166 valence electrons. The molecule has 2 saturated heterocycles. The van der Waals surface area contributed by atoms with E-state index in [1.807, 2.05) is 43.1 Å². The Hall–Kier alpha value is -2.67. The number of carbonyl (C=O) groups is 1. The van der Waals surface area contributed by atoms with Gasteiger partial charge in [0.05, 0.1) is 17.8 Å². The molecule has 0 aliphatic carbocycles. The van der Waals surface area contributed by atoms with Crippen molar-refractivity contribution in [1.82, 2.24) is 19.8 Å². The van der Waals surface area contributed by atoms with Crippen molar-refractivity contribution in [3.63, 3.8) is 0 Å². The maximum atomic E-state index is 12.1. The van der Waals surface area contributed by atoms with Crippen LogP contribution in [0, 0.1) is 0 Å². The van der Waals surface area contributed by atoms with E-state index in [4.69, 9.17) is 9.72 Å². The smallest absolute Gasteiger partial charge is 0.225 e. The summed E-state index contributed by atoms with van der Waals surface area (Å²) < 4.78 is 5.80. The summed E-state index contributed by atoms with van der Waals surface area (Å²) in [5, 5.41) is 0. The lowest BCUT2D eigenvalue weighted by Gasteiger charge is -2.41. The molecule has 2 aromatic rings. The minimum Gasteiger partial charge on any atom is -0.491 e. The fourth-order valence-electron chi connectivity index (χ4n) is 4.40. The van der Waals surface area contributed by atoms with Crippen molar-refractivity contribution in [3.05, 3.63) is 47.8 Å². The quantitative estimate of drug-likeness (QED) is 0.711. The summed E-state index contributed by atoms with van der Waals surface area (Å²) in [6.07, 6.45) is 4.43. The number of amides is 1. The van der Waals surface area contributed by atoms with Crippen LogP contribution in [-0.4, -0.2) is 64.5 Å². The Morgan fingerprint density at radius 2 is 1.84 bits per heavy atom. The predicted molar refractivity (Wildman–Crippen MR) is 121 cm³/mol. The molecule has 0 N–H and O–H groups in total. The van der Waals surface area contributed by atoms with Crippen LogP contribution in [0.25, 0.3) is 0 Å². The normalized spacial score (nSPS) is 19.8. The van der Waals surface area contributed by atoms with Gasteiger partial charge >= 0.3 is 0 Å². The zero-order valence-corrected chi connectivity index (χ0v) is 18.8. The minimum absolute atomic E-state index is 0.121. The van der Waals surface area contributed by atoms with Crippen molar-refractivity contribution < 1.29 is 9.53 Å². The second-order valence-electron chi connectivity index (χ2n) is 8.73. The highest BCUT2D eigenvalue weighted by molar-refractivity contribution is 5.73. The summed E-state index contributed by atoms with van der Waals surface area (Å²) >= 11 is 0. The standard InChI is InChI=1S/C24H33N5O2/c1-18(2)31-22-8-6-20(7-9-22)23-17-28(19(3)30)14-15-29(23)16-21-10-11-25-24(26-21)27-12-4-5-13-27/h6-11,18,23H,4-5,12-17H2,1-3H3. The van der Waals surface area contributed by atoms with E-state index >= 15 is 0 Å². The Labute approximate surface area is 185 Å². The van der Waals surface area contributed by atoms with E-state index in [-0.39, 0.29) is 18.1 Å². The highest BCUT2D eigenvalue weighted by Crippen LogP contribution is 2.29. The summed E-state index contributed by atoms with van der Waals surface area (Å²) in [6, 6.07) is 10.4. The Morgan fingerprint density at radius 1 is 1.10 bits per heavy atom. The summed E-state index contributed by atoms with van der Waals surface area (Å²) in [6.45, 7) is 10.8. The van der Waals surface area contributed by atoms with Gasteiger partial charge in [0.1, 0.15) is 5.75 Å². The van der Waals surface area contributed by atoms with Gasteiger partial charge in [-0.2, -0.15) is 0 Å². The van der Waals surface area contributed by atoms with E-state index in [1.165, 1.54) is 18.4 Å². The lowest BCUT2D eigenvalue weighted by Crippen LogP contribution is -2.49. The van der Waals surface area contributed by atoms with Crippen LogP contribution < -0.4 is 9.64 Å². The van der Waals surface area contributed by atoms with Crippen LogP contribution in [0.1, 0.15) is 50.9 Å². The molecule has 0 radical (unpaired) electrons. The summed E-state index contributed by atoms with van der Waals surface area (Å²) in [4.78, 5) is 28.0. The fraction of sp³-hybridized carbons (Fsp3) is 0.542. The van der Waals surface area contributed by atoms with Crippen molar-refractivity contribution in [2.75, 3.05) is 37.6 Å². The molecule has 1 aromatic heterocycles. The zero-order chi connectivity index (χ0) is 21.8. The number of carbonyl (C=O) groups excluding carboxylic acids is 1. The summed E-state index contributed by atoms with van der Waals surface area (Å²) in [5.74, 6) is 1.84. The van der Waals surface area contributed by atoms with Crippen molar-refractivity contribution in [1.29, 1.82) is 0 Å². The van der Waals surface area contributed by atoms with Gasteiger partial charge in [-0.05, 0) is 50.5 Å². The van der Waals surface area contributed by atoms with Crippen LogP contribution in [0.4, 0.5) is 5.95 Å². The third-order valence-corrected chi connectivity index (χ3v) is 6.03. The molecule has 31 heavy (non-hydrogen) atoms. The Morgan fingerprint density at radius 3 is 2.52 bits per heavy atom. The highest BCUT2D eigenvalue weighted by Gasteiger charge is 2.30. The van der Waals surface area contributed by atoms with Crippen molar-refractivity contribution in [3.8, 4) is 5.75 Å². The van der Waals surface area contributed by atoms with Gasteiger partial charge in [0, 0.05) is 52.4 Å². The van der Waals surface area contributed by atoms with Crippen molar-refractivity contribution in [2.45, 2.75) is 52.3 Å². The van der Waals surface area contributed by atoms with Crippen molar-refractivity contribution >= 4 is 11.9 Å². The van der Waals surface area contributed by atoms with E-state index in [9.17, 15) is 4.79 Å². The predicted octanol–water partition coefficient (Wildman–Crippen LogP) is 3.27. The lowest BCUT2D eigenvalue weighted by atomic mass is 10.0. The van der Waals surface area contributed by atoms with Gasteiger partial charge in [-0.15, -0.1) is 0 Å². The molecule has 2 aliphatic heterocycles. The Kier molecular flexibility index (Phi) is 6.70. The SMILES string of the molecule is CC(=O)N1CCN(Cc2ccnc(N3CCCC3)n2)C(c2ccc(OC(C)C)cc2)C1. The van der Waals surface area contributed by atoms with E-state index < -0.39 is 0 Å². The molecule has 3 heterocycles. The molecule has 7 nitrogen and oxygen atoms in total. The molecule has 2 fully saturated rings. The topological polar surface area (TPSA) is 61.8 Å². The Balaban J connectivity index is 1.53. The van der Waals surface area contributed by atoms with E-state index in [0.29, 0.717) is 6.54 Å². The van der Waals surface area contributed by atoms with Gasteiger partial charge in [0.25, 0.3) is 0 Å². The molecule has 4 rings (SSSR count). The van der Waals surface area contributed by atoms with E-state index in [0.717, 1.165) is 50.1 Å². The van der Waals surface area contributed by atoms with Gasteiger partial charge in [0.15, 0.2) is 0 Å². The molecule has 7 heteroatoms. The molecule has 1 aromatic carbocycles. The maximum absolute atomic E-state index is 12.1. The zero-order valence-electron chi connectivity index (χ0n) is 18.8. The number of aromatic nitrogens is 2. The number of nitrogens with zero attached hydrogens (tertiary/aromatic N) is 5. The second-order valence-corrected chi connectivity index (χ2v) is 8.73. The first-order valence-electron chi connectivity index (χ1n) is 11.3. The molecular weight excluding hydrogens is 390 g/mol. The first kappa shape index (κ1) is 21.6. The van der Waals surface area contributed by atoms with Crippen LogP contribution in [0.15, 0.2) is 36.5 Å². The number of benzene rings is 1. The first-order chi connectivity index (χ1) is 15.0. The molecule has 1 unspecified atom stereocenters. The number of ether oxygens (including phenoxy) is 1. The van der Waals surface area contributed by atoms with E-state index in [1.54, 1.807) is 6.92 Å². The van der Waals surface area contributed by atoms with Crippen molar-refractivity contribution in [2.24, 2.45) is 0 Å². The largest absolute Gasteiger partial charge is 0.491 e. The van der Waals surface area contributed by atoms with Gasteiger partial charge in [-0.3, -0.25) is 9.69 Å². The molecule has 0 bridgehead atoms. The van der Waals surface area contributed by atoms with Crippen LogP contribution in [-0.2, 0) is 11.3 Å². The van der Waals surface area contributed by atoms with Crippen LogP contribution in [0.5, 0.6) is 5.75 Å². The minimum atomic E-state index is 0.121. The van der Waals surface area contributed by atoms with E-state index in [2.05, 4.69) is 26.9 Å². The van der Waals surface area contributed by atoms with Crippen LogP contribution >= 0.6 is 0 Å². The third kappa shape index (κ3) is 5.34. The molecular formula is C24H33N5O2. The second kappa shape index (κ2) is 9.64. The van der Waals surface area contributed by atoms with Gasteiger partial charge in [-0.25, -0.2) is 9.97 Å². The molecule has 1 amide bonds. The molecule has 2 aliphatic rings. The lowest BCUT2D eigenvalue weighted by molar-refractivity contribution is -0.132. The summed E-state index contributed by atoms with van der Waals surface area (Å²) in [5.41, 5.74) is 2.22. The molecule has 0 spiro atoms. The highest BCUT2D eigenvalue weighted by atomic mass is 16.5. The third-order valence-electron chi connectivity index (χ3n) is 6.03. The number of piperazine rings is 1. The number of anilines is 1. The van der Waals surface area contributed by atoms with Gasteiger partial charge in [0.2, 0.25) is 11.9 Å². The molecule has 0 saturated carbocycles. The summed E-state index contributed by atoms with van der Waals surface area (Å²) in [7, 11) is 0. The van der Waals surface area contributed by atoms with Gasteiger partial charge < -0.3 is 14.5 Å². The van der Waals surface area contributed by atoms with Crippen LogP contribution in [0.3, 0.4) is 0 Å². The average Bonchev–Trinajstić information content (AvgIpc) is 3.29. The molecule has 1 atom stereocenters. The maximum Gasteiger partial charge on any atom is 0.225 e. The Bertz CT molecular complexity index is 880. The monoisotopic (exact) mass is 423 g/mol. The van der Waals surface area contributed by atoms with Crippen LogP contribution in [0.2, 0.25) is 0 Å². The fourth-order valence-corrected chi connectivity index (χ4v) is 4.40. The first-order valence-corrected chi connectivity index (χ1v) is 11.3. The number of hydrogen-bond acceptors (Lipinski definition) is 6. The van der Waals surface area contributed by atoms with Gasteiger partial charge in [-0.1, -0.05) is 12.1 Å². The number of hydrogen-bond donors (Lipinski definition) is 0. The number of rotatable bonds is 6. The average molecular weight is 424 g/mol.